The summed E-state index contributed by atoms with van der Waals surface area (Å²) < 4.78 is 53.5. The third kappa shape index (κ3) is 5.43. The van der Waals surface area contributed by atoms with Gasteiger partial charge in [-0.05, 0) is 41.7 Å². The van der Waals surface area contributed by atoms with Gasteiger partial charge in [-0.3, -0.25) is 4.79 Å². The number of likely N-dealkylation sites (tertiary alicyclic amines) is 1. The average Bonchev–Trinajstić information content (AvgIpc) is 3.01. The van der Waals surface area contributed by atoms with Crippen molar-refractivity contribution < 1.29 is 22.0 Å². The van der Waals surface area contributed by atoms with Gasteiger partial charge in [-0.15, -0.1) is 0 Å². The highest BCUT2D eigenvalue weighted by Gasteiger charge is 2.38. The fourth-order valence-electron chi connectivity index (χ4n) is 3.96. The molecule has 1 fully saturated rings. The van der Waals surface area contributed by atoms with Crippen LogP contribution in [-0.4, -0.2) is 44.1 Å². The van der Waals surface area contributed by atoms with Crippen molar-refractivity contribution in [3.05, 3.63) is 59.7 Å². The van der Waals surface area contributed by atoms with E-state index in [-0.39, 0.29) is 17.9 Å². The van der Waals surface area contributed by atoms with E-state index < -0.39 is 27.7 Å². The molecule has 0 aromatic heterocycles. The second-order valence-corrected chi connectivity index (χ2v) is 9.88. The standard InChI is InChI=1S/C22H26F2N2O3S/c1-14(2)22(27)26-8-7-20(25-30(3,28)29)21(26)10-15-5-4-6-16(9-15)17-11-18(23)13-19(24)12-17/h4-6,9,11-14,20-21,25H,7-8,10H2,1-3H3/t20-,21-/m0/s1. The minimum atomic E-state index is -3.43. The molecule has 1 saturated heterocycles. The molecular weight excluding hydrogens is 410 g/mol. The quantitative estimate of drug-likeness (QED) is 0.755. The highest BCUT2D eigenvalue weighted by Crippen LogP contribution is 2.27. The molecule has 0 bridgehead atoms. The maximum absolute atomic E-state index is 13.6. The molecule has 1 aliphatic rings. The van der Waals surface area contributed by atoms with E-state index in [4.69, 9.17) is 0 Å². The summed E-state index contributed by atoms with van der Waals surface area (Å²) in [6.07, 6.45) is 2.07. The zero-order chi connectivity index (χ0) is 22.1. The third-order valence-corrected chi connectivity index (χ3v) is 5.99. The largest absolute Gasteiger partial charge is 0.337 e. The smallest absolute Gasteiger partial charge is 0.225 e. The van der Waals surface area contributed by atoms with Gasteiger partial charge in [0.1, 0.15) is 11.6 Å². The Morgan fingerprint density at radius 2 is 1.80 bits per heavy atom. The van der Waals surface area contributed by atoms with E-state index in [2.05, 4.69) is 4.72 Å². The molecule has 0 aliphatic carbocycles. The number of carbonyl (C=O) groups is 1. The molecule has 30 heavy (non-hydrogen) atoms. The fourth-order valence-corrected chi connectivity index (χ4v) is 4.79. The van der Waals surface area contributed by atoms with E-state index in [9.17, 15) is 22.0 Å². The molecule has 2 aromatic carbocycles. The maximum Gasteiger partial charge on any atom is 0.225 e. The molecule has 0 radical (unpaired) electrons. The van der Waals surface area contributed by atoms with Crippen LogP contribution in [0.1, 0.15) is 25.8 Å². The Morgan fingerprint density at radius 1 is 1.13 bits per heavy atom. The van der Waals surface area contributed by atoms with Crippen LogP contribution in [-0.2, 0) is 21.2 Å². The van der Waals surface area contributed by atoms with Gasteiger partial charge in [-0.2, -0.15) is 0 Å². The SMILES string of the molecule is CC(C)C(=O)N1CC[C@H](NS(C)(=O)=O)[C@@H]1Cc1cccc(-c2cc(F)cc(F)c2)c1. The Labute approximate surface area is 176 Å². The van der Waals surface area contributed by atoms with Gasteiger partial charge >= 0.3 is 0 Å². The van der Waals surface area contributed by atoms with Gasteiger partial charge in [0.05, 0.1) is 12.3 Å². The van der Waals surface area contributed by atoms with Crippen LogP contribution in [0.3, 0.4) is 0 Å². The molecule has 1 N–H and O–H groups in total. The number of sulfonamides is 1. The molecule has 0 saturated carbocycles. The molecule has 0 unspecified atom stereocenters. The molecule has 162 valence electrons. The maximum atomic E-state index is 13.6. The fraction of sp³-hybridized carbons (Fsp3) is 0.409. The number of benzene rings is 2. The van der Waals surface area contributed by atoms with Crippen molar-refractivity contribution >= 4 is 15.9 Å². The molecule has 2 atom stereocenters. The topological polar surface area (TPSA) is 66.5 Å². The highest BCUT2D eigenvalue weighted by atomic mass is 32.2. The number of carbonyl (C=O) groups excluding carboxylic acids is 1. The second kappa shape index (κ2) is 8.81. The molecule has 8 heteroatoms. The third-order valence-electron chi connectivity index (χ3n) is 5.26. The lowest BCUT2D eigenvalue weighted by Crippen LogP contribution is -2.48. The minimum Gasteiger partial charge on any atom is -0.337 e. The number of rotatable bonds is 6. The zero-order valence-corrected chi connectivity index (χ0v) is 18.0. The minimum absolute atomic E-state index is 0.0267. The zero-order valence-electron chi connectivity index (χ0n) is 17.2. The van der Waals surface area contributed by atoms with Gasteiger partial charge in [0, 0.05) is 24.6 Å². The van der Waals surface area contributed by atoms with Crippen molar-refractivity contribution in [2.24, 2.45) is 5.92 Å². The lowest BCUT2D eigenvalue weighted by molar-refractivity contribution is -0.135. The van der Waals surface area contributed by atoms with Crippen LogP contribution in [0.5, 0.6) is 0 Å². The van der Waals surface area contributed by atoms with Crippen LogP contribution in [0.4, 0.5) is 8.78 Å². The molecular formula is C22H26F2N2O3S. The van der Waals surface area contributed by atoms with E-state index in [0.29, 0.717) is 30.5 Å². The molecule has 1 aliphatic heterocycles. The predicted molar refractivity (Wildman–Crippen MR) is 112 cm³/mol. The predicted octanol–water partition coefficient (Wildman–Crippen LogP) is 3.35. The summed E-state index contributed by atoms with van der Waals surface area (Å²) in [6.45, 7) is 4.11. The average molecular weight is 437 g/mol. The van der Waals surface area contributed by atoms with Crippen LogP contribution in [0, 0.1) is 17.6 Å². The first kappa shape index (κ1) is 22.4. The molecule has 3 rings (SSSR count). The summed E-state index contributed by atoms with van der Waals surface area (Å²) in [5.41, 5.74) is 1.92. The number of amides is 1. The van der Waals surface area contributed by atoms with Crippen molar-refractivity contribution in [3.8, 4) is 11.1 Å². The van der Waals surface area contributed by atoms with E-state index in [1.165, 1.54) is 12.1 Å². The van der Waals surface area contributed by atoms with Crippen molar-refractivity contribution in [1.29, 1.82) is 0 Å². The summed E-state index contributed by atoms with van der Waals surface area (Å²) >= 11 is 0. The lowest BCUT2D eigenvalue weighted by Gasteiger charge is -2.30. The molecule has 1 amide bonds. The Morgan fingerprint density at radius 3 is 2.40 bits per heavy atom. The van der Waals surface area contributed by atoms with Gasteiger partial charge < -0.3 is 4.90 Å². The van der Waals surface area contributed by atoms with Crippen molar-refractivity contribution in [3.63, 3.8) is 0 Å². The number of hydrogen-bond donors (Lipinski definition) is 1. The monoisotopic (exact) mass is 436 g/mol. The van der Waals surface area contributed by atoms with Crippen LogP contribution in [0.25, 0.3) is 11.1 Å². The van der Waals surface area contributed by atoms with E-state index in [1.807, 2.05) is 26.0 Å². The Bertz CT molecular complexity index is 1020. The van der Waals surface area contributed by atoms with Crippen molar-refractivity contribution in [2.75, 3.05) is 12.8 Å². The van der Waals surface area contributed by atoms with Crippen LogP contribution < -0.4 is 4.72 Å². The molecule has 0 spiro atoms. The van der Waals surface area contributed by atoms with Gasteiger partial charge in [0.15, 0.2) is 0 Å². The summed E-state index contributed by atoms with van der Waals surface area (Å²) in [6, 6.07) is 9.86. The lowest BCUT2D eigenvalue weighted by atomic mass is 9.96. The normalized spacial score (nSPS) is 19.5. The first-order chi connectivity index (χ1) is 14.0. The van der Waals surface area contributed by atoms with Gasteiger partial charge in [0.25, 0.3) is 0 Å². The van der Waals surface area contributed by atoms with E-state index >= 15 is 0 Å². The van der Waals surface area contributed by atoms with Crippen molar-refractivity contribution in [1.82, 2.24) is 9.62 Å². The summed E-state index contributed by atoms with van der Waals surface area (Å²) in [5, 5.41) is 0. The highest BCUT2D eigenvalue weighted by molar-refractivity contribution is 7.88. The summed E-state index contributed by atoms with van der Waals surface area (Å²) in [5.74, 6) is -1.54. The Kier molecular flexibility index (Phi) is 6.57. The Balaban J connectivity index is 1.91. The van der Waals surface area contributed by atoms with Gasteiger partial charge in [-0.25, -0.2) is 21.9 Å². The molecule has 5 nitrogen and oxygen atoms in total. The summed E-state index contributed by atoms with van der Waals surface area (Å²) in [4.78, 5) is 14.4. The first-order valence-corrected chi connectivity index (χ1v) is 11.8. The van der Waals surface area contributed by atoms with Gasteiger partial charge in [-0.1, -0.05) is 38.1 Å². The van der Waals surface area contributed by atoms with E-state index in [0.717, 1.165) is 17.9 Å². The van der Waals surface area contributed by atoms with E-state index in [1.54, 1.807) is 17.0 Å². The summed E-state index contributed by atoms with van der Waals surface area (Å²) in [7, 11) is -3.43. The van der Waals surface area contributed by atoms with Gasteiger partial charge in [0.2, 0.25) is 15.9 Å². The van der Waals surface area contributed by atoms with Crippen molar-refractivity contribution in [2.45, 2.75) is 38.8 Å². The molecule has 1 heterocycles. The van der Waals surface area contributed by atoms with Crippen LogP contribution in [0.2, 0.25) is 0 Å². The first-order valence-electron chi connectivity index (χ1n) is 9.86. The number of hydrogen-bond acceptors (Lipinski definition) is 3. The number of nitrogens with zero attached hydrogens (tertiary/aromatic N) is 1. The number of nitrogens with one attached hydrogen (secondary N) is 1. The van der Waals surface area contributed by atoms with Crippen LogP contribution in [0.15, 0.2) is 42.5 Å². The second-order valence-electron chi connectivity index (χ2n) is 8.10. The Hall–Kier alpha value is -2.32. The van der Waals surface area contributed by atoms with Crippen LogP contribution >= 0.6 is 0 Å². The number of halogens is 2. The molecule has 2 aromatic rings.